The molecule has 0 aromatic carbocycles. The standard InChI is InChI=1S/C15H14IN5O2/c1-8(2)11-4-5-12(23-11)10-7-17-9-3-6-13(19-14(9)18-10)20-15(22)21-16/h3-8H,1-2H3,(H2,18,19,20,21,22). The Morgan fingerprint density at radius 1 is 1.22 bits per heavy atom. The van der Waals surface area contributed by atoms with Gasteiger partial charge in [0.15, 0.2) is 11.4 Å². The summed E-state index contributed by atoms with van der Waals surface area (Å²) in [5.41, 5.74) is 1.69. The summed E-state index contributed by atoms with van der Waals surface area (Å²) >= 11 is 1.75. The molecule has 0 aliphatic rings. The third-order valence-corrected chi connectivity index (χ3v) is 3.67. The number of aromatic nitrogens is 3. The van der Waals surface area contributed by atoms with Crippen molar-refractivity contribution in [2.75, 3.05) is 5.32 Å². The van der Waals surface area contributed by atoms with Crippen molar-refractivity contribution < 1.29 is 9.21 Å². The Labute approximate surface area is 146 Å². The van der Waals surface area contributed by atoms with Crippen molar-refractivity contribution in [3.05, 3.63) is 36.2 Å². The number of pyridine rings is 1. The Kier molecular flexibility index (Phi) is 4.42. The molecule has 0 bridgehead atoms. The van der Waals surface area contributed by atoms with Crippen molar-refractivity contribution in [1.29, 1.82) is 0 Å². The number of anilines is 1. The molecule has 3 rings (SSSR count). The van der Waals surface area contributed by atoms with E-state index in [1.807, 2.05) is 12.1 Å². The number of furan rings is 1. The highest BCUT2D eigenvalue weighted by atomic mass is 127. The first-order valence-electron chi connectivity index (χ1n) is 6.98. The van der Waals surface area contributed by atoms with Crippen molar-refractivity contribution >= 4 is 45.9 Å². The smallest absolute Gasteiger partial charge is 0.329 e. The molecule has 7 nitrogen and oxygen atoms in total. The molecule has 2 N–H and O–H groups in total. The Balaban J connectivity index is 1.97. The largest absolute Gasteiger partial charge is 0.459 e. The first kappa shape index (κ1) is 15.7. The fourth-order valence-electron chi connectivity index (χ4n) is 2.03. The maximum absolute atomic E-state index is 11.4. The fraction of sp³-hybridized carbons (Fsp3) is 0.200. The Bertz CT molecular complexity index is 862. The highest BCUT2D eigenvalue weighted by Crippen LogP contribution is 2.25. The molecule has 3 aromatic rings. The number of amides is 2. The number of urea groups is 1. The minimum Gasteiger partial charge on any atom is -0.459 e. The van der Waals surface area contributed by atoms with Gasteiger partial charge in [0.05, 0.1) is 29.1 Å². The summed E-state index contributed by atoms with van der Waals surface area (Å²) in [5.74, 6) is 2.25. The van der Waals surface area contributed by atoms with Gasteiger partial charge in [0, 0.05) is 5.92 Å². The van der Waals surface area contributed by atoms with Gasteiger partial charge in [-0.05, 0) is 24.3 Å². The van der Waals surface area contributed by atoms with Crippen molar-refractivity contribution in [3.63, 3.8) is 0 Å². The molecule has 0 unspecified atom stereocenters. The summed E-state index contributed by atoms with van der Waals surface area (Å²) in [6.07, 6.45) is 1.65. The molecule has 0 saturated heterocycles. The van der Waals surface area contributed by atoms with E-state index >= 15 is 0 Å². The summed E-state index contributed by atoms with van der Waals surface area (Å²) in [6, 6.07) is 6.88. The molecule has 0 radical (unpaired) electrons. The van der Waals surface area contributed by atoms with E-state index in [0.717, 1.165) is 5.76 Å². The lowest BCUT2D eigenvalue weighted by Crippen LogP contribution is -2.20. The summed E-state index contributed by atoms with van der Waals surface area (Å²) in [6.45, 7) is 4.12. The predicted octanol–water partition coefficient (Wildman–Crippen LogP) is 3.88. The lowest BCUT2D eigenvalue weighted by atomic mass is 10.2. The van der Waals surface area contributed by atoms with Gasteiger partial charge in [-0.3, -0.25) is 13.8 Å². The van der Waals surface area contributed by atoms with Crippen molar-refractivity contribution in [1.82, 2.24) is 18.5 Å². The monoisotopic (exact) mass is 423 g/mol. The van der Waals surface area contributed by atoms with E-state index < -0.39 is 0 Å². The van der Waals surface area contributed by atoms with Gasteiger partial charge in [-0.25, -0.2) is 14.8 Å². The van der Waals surface area contributed by atoms with Crippen LogP contribution in [-0.2, 0) is 0 Å². The number of carbonyl (C=O) groups excluding carboxylic acids is 1. The second-order valence-electron chi connectivity index (χ2n) is 5.20. The van der Waals surface area contributed by atoms with E-state index in [2.05, 4.69) is 37.6 Å². The Morgan fingerprint density at radius 2 is 2.04 bits per heavy atom. The molecule has 3 heterocycles. The zero-order valence-corrected chi connectivity index (χ0v) is 14.7. The molecule has 0 spiro atoms. The molecule has 0 aliphatic carbocycles. The molecule has 0 atom stereocenters. The fourth-order valence-corrected chi connectivity index (χ4v) is 2.16. The molecule has 0 fully saturated rings. The highest BCUT2D eigenvalue weighted by molar-refractivity contribution is 14.1. The van der Waals surface area contributed by atoms with E-state index in [9.17, 15) is 4.79 Å². The number of nitrogens with zero attached hydrogens (tertiary/aromatic N) is 3. The predicted molar refractivity (Wildman–Crippen MR) is 95.3 cm³/mol. The van der Waals surface area contributed by atoms with Gasteiger partial charge in [0.25, 0.3) is 0 Å². The molecule has 3 aromatic heterocycles. The topological polar surface area (TPSA) is 92.9 Å². The second kappa shape index (κ2) is 6.49. The van der Waals surface area contributed by atoms with Gasteiger partial charge in [-0.15, -0.1) is 0 Å². The van der Waals surface area contributed by atoms with Gasteiger partial charge < -0.3 is 4.42 Å². The van der Waals surface area contributed by atoms with Crippen LogP contribution >= 0.6 is 22.9 Å². The van der Waals surface area contributed by atoms with Gasteiger partial charge in [0.2, 0.25) is 0 Å². The average Bonchev–Trinajstić information content (AvgIpc) is 3.04. The van der Waals surface area contributed by atoms with Gasteiger partial charge >= 0.3 is 6.03 Å². The molecular formula is C15H14IN5O2. The summed E-state index contributed by atoms with van der Waals surface area (Å²) < 4.78 is 8.22. The number of fused-ring (bicyclic) bond motifs is 1. The SMILES string of the molecule is CC(C)c1ccc(-c2cnc3ccc(NC(=O)NI)nc3n2)o1. The van der Waals surface area contributed by atoms with Crippen LogP contribution in [0.1, 0.15) is 25.5 Å². The minimum atomic E-state index is -0.353. The Hall–Kier alpha value is -2.23. The highest BCUT2D eigenvalue weighted by Gasteiger charge is 2.11. The van der Waals surface area contributed by atoms with Crippen molar-refractivity contribution in [3.8, 4) is 11.5 Å². The van der Waals surface area contributed by atoms with Crippen LogP contribution in [0.3, 0.4) is 0 Å². The zero-order chi connectivity index (χ0) is 16.4. The lowest BCUT2D eigenvalue weighted by Gasteiger charge is -2.04. The van der Waals surface area contributed by atoms with E-state index in [1.54, 1.807) is 41.2 Å². The number of rotatable bonds is 3. The molecule has 118 valence electrons. The average molecular weight is 423 g/mol. The number of hydrogen-bond donors (Lipinski definition) is 2. The normalized spacial score (nSPS) is 11.0. The second-order valence-corrected chi connectivity index (χ2v) is 5.74. The quantitative estimate of drug-likeness (QED) is 0.493. The van der Waals surface area contributed by atoms with Crippen LogP contribution in [0, 0.1) is 0 Å². The van der Waals surface area contributed by atoms with Crippen LogP contribution in [0.25, 0.3) is 22.6 Å². The van der Waals surface area contributed by atoms with Crippen LogP contribution in [-0.4, -0.2) is 21.0 Å². The van der Waals surface area contributed by atoms with Gasteiger partial charge in [-0.1, -0.05) is 13.8 Å². The molecule has 2 amide bonds. The first-order chi connectivity index (χ1) is 11.1. The minimum absolute atomic E-state index is 0.304. The van der Waals surface area contributed by atoms with Crippen LogP contribution in [0.15, 0.2) is 34.9 Å². The molecule has 0 saturated carbocycles. The van der Waals surface area contributed by atoms with E-state index in [0.29, 0.717) is 34.4 Å². The third kappa shape index (κ3) is 3.41. The summed E-state index contributed by atoms with van der Waals surface area (Å²) in [4.78, 5) is 24.5. The van der Waals surface area contributed by atoms with Crippen LogP contribution < -0.4 is 8.85 Å². The van der Waals surface area contributed by atoms with E-state index in [4.69, 9.17) is 4.42 Å². The van der Waals surface area contributed by atoms with Gasteiger partial charge in [0.1, 0.15) is 22.8 Å². The lowest BCUT2D eigenvalue weighted by molar-refractivity contribution is 0.258. The molecule has 23 heavy (non-hydrogen) atoms. The third-order valence-electron chi connectivity index (χ3n) is 3.18. The van der Waals surface area contributed by atoms with Crippen LogP contribution in [0.4, 0.5) is 10.6 Å². The van der Waals surface area contributed by atoms with Gasteiger partial charge in [-0.2, -0.15) is 0 Å². The number of nitrogens with one attached hydrogen (secondary N) is 2. The van der Waals surface area contributed by atoms with E-state index in [-0.39, 0.29) is 6.03 Å². The number of carbonyl (C=O) groups is 1. The zero-order valence-electron chi connectivity index (χ0n) is 12.5. The van der Waals surface area contributed by atoms with Crippen LogP contribution in [0.5, 0.6) is 0 Å². The maximum Gasteiger partial charge on any atom is 0.329 e. The summed E-state index contributed by atoms with van der Waals surface area (Å²) in [5, 5.41) is 2.60. The van der Waals surface area contributed by atoms with Crippen molar-refractivity contribution in [2.45, 2.75) is 19.8 Å². The molecule has 0 aliphatic heterocycles. The molecule has 8 heteroatoms. The van der Waals surface area contributed by atoms with E-state index in [1.165, 1.54) is 0 Å². The first-order valence-corrected chi connectivity index (χ1v) is 8.06. The summed E-state index contributed by atoms with van der Waals surface area (Å²) in [7, 11) is 0. The number of halogens is 1. The Morgan fingerprint density at radius 3 is 2.74 bits per heavy atom. The maximum atomic E-state index is 11.4. The van der Waals surface area contributed by atoms with Crippen molar-refractivity contribution in [2.24, 2.45) is 0 Å². The molecular weight excluding hydrogens is 409 g/mol. The number of hydrogen-bond acceptors (Lipinski definition) is 5. The van der Waals surface area contributed by atoms with Crippen LogP contribution in [0.2, 0.25) is 0 Å².